The lowest BCUT2D eigenvalue weighted by atomic mass is 10.0. The maximum Gasteiger partial charge on any atom is 0.172 e. The molecule has 0 radical (unpaired) electrons. The zero-order chi connectivity index (χ0) is 16.5. The number of carbonyl (C=O) groups excluding carboxylic acids is 1. The Kier molecular flexibility index (Phi) is 7.47. The van der Waals surface area contributed by atoms with E-state index in [-0.39, 0.29) is 8.64 Å². The van der Waals surface area contributed by atoms with Gasteiger partial charge in [0.15, 0.2) is 5.78 Å². The van der Waals surface area contributed by atoms with Crippen LogP contribution in [0.25, 0.3) is 0 Å². The molecule has 3 heteroatoms. The predicted molar refractivity (Wildman–Crippen MR) is 98.4 cm³/mol. The summed E-state index contributed by atoms with van der Waals surface area (Å²) in [4.78, 5) is 15.8. The van der Waals surface area contributed by atoms with Crippen LogP contribution >= 0.6 is 0 Å². The monoisotopic (exact) mass is 302 g/mol. The van der Waals surface area contributed by atoms with Gasteiger partial charge in [-0.05, 0) is 49.0 Å². The molecular formula is C19H30N2O. The van der Waals surface area contributed by atoms with Crippen LogP contribution in [0, 0.1) is 0 Å². The van der Waals surface area contributed by atoms with Crippen LogP contribution in [-0.4, -0.2) is 18.0 Å². The molecule has 2 N–H and O–H groups in total. The Labute approximate surface area is 136 Å². The van der Waals surface area contributed by atoms with E-state index in [0.717, 1.165) is 16.8 Å². The van der Waals surface area contributed by atoms with E-state index in [1.54, 1.807) is 0 Å². The normalized spacial score (nSPS) is 14.1. The minimum Gasteiger partial charge on any atom is -0.321 e. The van der Waals surface area contributed by atoms with E-state index in [2.05, 4.69) is 11.6 Å². The fourth-order valence-electron chi connectivity index (χ4n) is 1.93. The third-order valence-electron chi connectivity index (χ3n) is 3.42. The molecule has 1 aromatic rings. The number of benzene rings is 1. The van der Waals surface area contributed by atoms with Gasteiger partial charge in [-0.3, -0.25) is 9.79 Å². The summed E-state index contributed by atoms with van der Waals surface area (Å²) in [6, 6.07) is 7.45. The molecule has 0 spiro atoms. The van der Waals surface area contributed by atoms with Crippen molar-refractivity contribution in [1.82, 2.24) is 0 Å². The van der Waals surface area contributed by atoms with Crippen molar-refractivity contribution >= 4 is 12.0 Å². The Bertz CT molecular complexity index is 572. The number of nitrogens with zero attached hydrogens (tertiary/aromatic N) is 1. The zero-order valence-corrected chi connectivity index (χ0v) is 13.8. The Morgan fingerprint density at radius 2 is 1.95 bits per heavy atom. The summed E-state index contributed by atoms with van der Waals surface area (Å²) >= 11 is 0. The van der Waals surface area contributed by atoms with E-state index in [1.165, 1.54) is 24.5 Å². The van der Waals surface area contributed by atoms with Gasteiger partial charge in [0.05, 0.1) is 6.04 Å². The van der Waals surface area contributed by atoms with E-state index < -0.39 is 6.04 Å². The van der Waals surface area contributed by atoms with Crippen LogP contribution in [0.3, 0.4) is 0 Å². The Balaban J connectivity index is 0. The minimum atomic E-state index is -0.506. The van der Waals surface area contributed by atoms with Crippen molar-refractivity contribution in [3.8, 4) is 0 Å². The van der Waals surface area contributed by atoms with E-state index >= 15 is 0 Å². The lowest BCUT2D eigenvalue weighted by Gasteiger charge is -2.07. The molecule has 0 heterocycles. The first kappa shape index (κ1) is 18.1. The smallest absolute Gasteiger partial charge is 0.172 e. The maximum atomic E-state index is 11.4. The number of hydrogen-bond donors (Lipinski definition) is 1. The SMILES string of the molecule is C=CC(=O)C(N)Cc1ccc(C=NC(C)=C2CC2)cc1.CC.[HH].[HH]. The molecule has 22 heavy (non-hydrogen) atoms. The lowest BCUT2D eigenvalue weighted by molar-refractivity contribution is -0.115. The second kappa shape index (κ2) is 9.11. The van der Waals surface area contributed by atoms with Gasteiger partial charge in [-0.1, -0.05) is 44.7 Å². The fourth-order valence-corrected chi connectivity index (χ4v) is 1.93. The third kappa shape index (κ3) is 5.78. The van der Waals surface area contributed by atoms with E-state index in [0.29, 0.717) is 6.42 Å². The minimum absolute atomic E-state index is 0. The summed E-state index contributed by atoms with van der Waals surface area (Å²) in [5, 5.41) is 0. The summed E-state index contributed by atoms with van der Waals surface area (Å²) in [6.45, 7) is 9.49. The Morgan fingerprint density at radius 1 is 1.36 bits per heavy atom. The van der Waals surface area contributed by atoms with Gasteiger partial charge in [-0.2, -0.15) is 0 Å². The number of hydrogen-bond acceptors (Lipinski definition) is 3. The van der Waals surface area contributed by atoms with Crippen molar-refractivity contribution < 1.29 is 7.65 Å². The molecule has 1 aliphatic carbocycles. The molecule has 1 aromatic carbocycles. The molecule has 0 saturated heterocycles. The van der Waals surface area contributed by atoms with E-state index in [9.17, 15) is 4.79 Å². The molecule has 0 aliphatic heterocycles. The molecule has 0 bridgehead atoms. The summed E-state index contributed by atoms with van der Waals surface area (Å²) in [7, 11) is 0. The molecule has 0 aromatic heterocycles. The second-order valence-electron chi connectivity index (χ2n) is 5.11. The number of nitrogens with two attached hydrogens (primary N) is 1. The average molecular weight is 302 g/mol. The highest BCUT2D eigenvalue weighted by atomic mass is 16.1. The van der Waals surface area contributed by atoms with Crippen molar-refractivity contribution in [3.05, 3.63) is 59.3 Å². The number of carbonyl (C=O) groups is 1. The van der Waals surface area contributed by atoms with Crippen LogP contribution in [0.2, 0.25) is 0 Å². The molecule has 1 fully saturated rings. The highest BCUT2D eigenvalue weighted by Crippen LogP contribution is 2.31. The highest BCUT2D eigenvalue weighted by Gasteiger charge is 2.13. The van der Waals surface area contributed by atoms with Crippen molar-refractivity contribution in [2.45, 2.75) is 46.1 Å². The quantitative estimate of drug-likeness (QED) is 0.628. The molecule has 2 rings (SSSR count). The topological polar surface area (TPSA) is 55.5 Å². The zero-order valence-electron chi connectivity index (χ0n) is 13.8. The summed E-state index contributed by atoms with van der Waals surface area (Å²) in [5.41, 5.74) is 10.5. The first-order valence-corrected chi connectivity index (χ1v) is 7.83. The molecule has 1 atom stereocenters. The van der Waals surface area contributed by atoms with Gasteiger partial charge >= 0.3 is 0 Å². The van der Waals surface area contributed by atoms with Crippen LogP contribution < -0.4 is 5.73 Å². The average Bonchev–Trinajstić information content (AvgIpc) is 3.40. The van der Waals surface area contributed by atoms with E-state index in [1.807, 2.05) is 51.3 Å². The Morgan fingerprint density at radius 3 is 2.45 bits per heavy atom. The first-order valence-electron chi connectivity index (χ1n) is 7.83. The van der Waals surface area contributed by atoms with Gasteiger partial charge in [0.25, 0.3) is 0 Å². The maximum absolute atomic E-state index is 11.4. The molecule has 1 aliphatic rings. The number of aliphatic imine (C=N–C) groups is 1. The Hall–Kier alpha value is -2.00. The van der Waals surface area contributed by atoms with Crippen molar-refractivity contribution in [1.29, 1.82) is 0 Å². The standard InChI is InChI=1S/C17H20N2O.C2H6.2H2/c1-3-17(20)16(18)10-13-4-6-14(7-5-13)11-19-12(2)15-8-9-15;1-2;;/h3-7,11,16H,1,8-10,18H2,2H3;1-2H3;2*1H. The van der Waals surface area contributed by atoms with Crippen LogP contribution in [0.4, 0.5) is 0 Å². The highest BCUT2D eigenvalue weighted by molar-refractivity contribution is 5.93. The van der Waals surface area contributed by atoms with Gasteiger partial charge < -0.3 is 5.73 Å². The van der Waals surface area contributed by atoms with Crippen molar-refractivity contribution in [2.75, 3.05) is 0 Å². The van der Waals surface area contributed by atoms with Gasteiger partial charge in [0, 0.05) is 14.8 Å². The molecule has 122 valence electrons. The molecule has 1 saturated carbocycles. The summed E-state index contributed by atoms with van der Waals surface area (Å²) in [6.07, 6.45) is 6.07. The van der Waals surface area contributed by atoms with Crippen molar-refractivity contribution in [3.63, 3.8) is 0 Å². The second-order valence-corrected chi connectivity index (χ2v) is 5.11. The van der Waals surface area contributed by atoms with Crippen LogP contribution in [0.1, 0.15) is 47.6 Å². The first-order chi connectivity index (χ1) is 10.6. The number of ketones is 1. The predicted octanol–water partition coefficient (Wildman–Crippen LogP) is 4.32. The fraction of sp³-hybridized carbons (Fsp3) is 0.368. The van der Waals surface area contributed by atoms with Gasteiger partial charge in [0.1, 0.15) is 0 Å². The largest absolute Gasteiger partial charge is 0.321 e. The molecule has 3 nitrogen and oxygen atoms in total. The van der Waals surface area contributed by atoms with Crippen LogP contribution in [0.15, 0.2) is 53.2 Å². The van der Waals surface area contributed by atoms with Crippen LogP contribution in [-0.2, 0) is 11.2 Å². The molecule has 1 unspecified atom stereocenters. The van der Waals surface area contributed by atoms with Crippen LogP contribution in [0.5, 0.6) is 0 Å². The van der Waals surface area contributed by atoms with Gasteiger partial charge in [-0.15, -0.1) is 0 Å². The van der Waals surface area contributed by atoms with Crippen molar-refractivity contribution in [2.24, 2.45) is 10.7 Å². The molecule has 0 amide bonds. The van der Waals surface area contributed by atoms with E-state index in [4.69, 9.17) is 5.73 Å². The number of rotatable bonds is 6. The van der Waals surface area contributed by atoms with Gasteiger partial charge in [-0.25, -0.2) is 0 Å². The number of allylic oxidation sites excluding steroid dienone is 2. The lowest BCUT2D eigenvalue weighted by Crippen LogP contribution is -2.31. The third-order valence-corrected chi connectivity index (χ3v) is 3.42. The summed E-state index contributed by atoms with van der Waals surface area (Å²) < 4.78 is 0. The molecular weight excluding hydrogens is 272 g/mol. The van der Waals surface area contributed by atoms with Gasteiger partial charge in [0.2, 0.25) is 0 Å². The summed E-state index contributed by atoms with van der Waals surface area (Å²) in [5.74, 6) is -0.123.